The highest BCUT2D eigenvalue weighted by Crippen LogP contribution is 2.21. The number of ether oxygens (including phenoxy) is 1. The van der Waals surface area contributed by atoms with Crippen LogP contribution in [0.1, 0.15) is 39.0 Å². The number of hydrogen-bond donors (Lipinski definition) is 2. The van der Waals surface area contributed by atoms with E-state index in [1.807, 2.05) is 6.07 Å². The second-order valence-corrected chi connectivity index (χ2v) is 5.86. The third-order valence-electron chi connectivity index (χ3n) is 4.19. The van der Waals surface area contributed by atoms with Gasteiger partial charge in [-0.15, -0.1) is 0 Å². The number of fused-ring (bicyclic) bond motifs is 1. The number of benzene rings is 1. The van der Waals surface area contributed by atoms with Crippen molar-refractivity contribution in [3.05, 3.63) is 52.8 Å². The molecule has 1 aromatic heterocycles. The molecule has 2 aromatic rings. The molecule has 136 valence electrons. The maximum Gasteiger partial charge on any atom is 0.359 e. The van der Waals surface area contributed by atoms with E-state index in [1.54, 1.807) is 36.1 Å². The molecule has 1 aliphatic heterocycles. The van der Waals surface area contributed by atoms with Crippen LogP contribution >= 0.6 is 0 Å². The second kappa shape index (κ2) is 7.81. The van der Waals surface area contributed by atoms with Crippen molar-refractivity contribution >= 4 is 17.8 Å². The summed E-state index contributed by atoms with van der Waals surface area (Å²) in [6.45, 7) is 2.64. The Hall–Kier alpha value is -3.16. The summed E-state index contributed by atoms with van der Waals surface area (Å²) in [5.74, 6) is -1.01. The number of amides is 2. The van der Waals surface area contributed by atoms with Crippen molar-refractivity contribution in [2.75, 3.05) is 19.7 Å². The Labute approximate surface area is 150 Å². The van der Waals surface area contributed by atoms with Crippen LogP contribution in [-0.2, 0) is 22.5 Å². The highest BCUT2D eigenvalue weighted by Gasteiger charge is 2.28. The predicted molar refractivity (Wildman–Crippen MR) is 92.4 cm³/mol. The van der Waals surface area contributed by atoms with Crippen molar-refractivity contribution in [1.29, 1.82) is 0 Å². The Balaban J connectivity index is 1.61. The number of H-pyrrole nitrogens is 1. The summed E-state index contributed by atoms with van der Waals surface area (Å²) in [6, 6.07) is 8.71. The molecule has 26 heavy (non-hydrogen) atoms. The smallest absolute Gasteiger partial charge is 0.359 e. The molecule has 8 heteroatoms. The number of hydrogen-bond acceptors (Lipinski definition) is 5. The molecule has 0 saturated carbocycles. The molecule has 0 fully saturated rings. The highest BCUT2D eigenvalue weighted by atomic mass is 16.5. The largest absolute Gasteiger partial charge is 0.461 e. The average Bonchev–Trinajstić information content (AvgIpc) is 3.10. The summed E-state index contributed by atoms with van der Waals surface area (Å²) < 4.78 is 4.99. The zero-order chi connectivity index (χ0) is 18.5. The number of aromatic nitrogens is 2. The van der Waals surface area contributed by atoms with Crippen LogP contribution in [0.5, 0.6) is 0 Å². The van der Waals surface area contributed by atoms with E-state index in [2.05, 4.69) is 15.5 Å². The summed E-state index contributed by atoms with van der Waals surface area (Å²) >= 11 is 0. The van der Waals surface area contributed by atoms with E-state index in [4.69, 9.17) is 4.74 Å². The summed E-state index contributed by atoms with van der Waals surface area (Å²) in [7, 11) is 0. The molecule has 2 amide bonds. The maximum atomic E-state index is 12.4. The molecule has 0 spiro atoms. The summed E-state index contributed by atoms with van der Waals surface area (Å²) in [4.78, 5) is 38.0. The number of nitrogens with one attached hydrogen (secondary N) is 2. The molecule has 1 aliphatic rings. The molecule has 0 radical (unpaired) electrons. The lowest BCUT2D eigenvalue weighted by molar-refractivity contribution is -0.131. The molecule has 0 saturated heterocycles. The van der Waals surface area contributed by atoms with Crippen LogP contribution in [0.3, 0.4) is 0 Å². The predicted octanol–water partition coefficient (Wildman–Crippen LogP) is 0.901. The zero-order valence-corrected chi connectivity index (χ0v) is 14.4. The van der Waals surface area contributed by atoms with Crippen molar-refractivity contribution in [1.82, 2.24) is 20.4 Å². The van der Waals surface area contributed by atoms with Crippen LogP contribution < -0.4 is 5.32 Å². The van der Waals surface area contributed by atoms with Crippen LogP contribution in [0.2, 0.25) is 0 Å². The minimum atomic E-state index is -0.503. The molecule has 8 nitrogen and oxygen atoms in total. The lowest BCUT2D eigenvalue weighted by Gasteiger charge is -2.27. The van der Waals surface area contributed by atoms with Gasteiger partial charge in [0, 0.05) is 36.3 Å². The Morgan fingerprint density at radius 2 is 2.04 bits per heavy atom. The molecule has 0 aliphatic carbocycles. The zero-order valence-electron chi connectivity index (χ0n) is 14.4. The van der Waals surface area contributed by atoms with Crippen LogP contribution in [0.15, 0.2) is 30.3 Å². The number of carbonyl (C=O) groups excluding carboxylic acids is 3. The first-order valence-electron chi connectivity index (χ1n) is 8.44. The highest BCUT2D eigenvalue weighted by molar-refractivity contribution is 5.96. The van der Waals surface area contributed by atoms with Gasteiger partial charge in [-0.05, 0) is 19.1 Å². The van der Waals surface area contributed by atoms with E-state index in [-0.39, 0.29) is 37.2 Å². The van der Waals surface area contributed by atoms with Crippen molar-refractivity contribution in [2.24, 2.45) is 0 Å². The van der Waals surface area contributed by atoms with Gasteiger partial charge in [-0.3, -0.25) is 14.7 Å². The lowest BCUT2D eigenvalue weighted by Crippen LogP contribution is -2.42. The van der Waals surface area contributed by atoms with Crippen molar-refractivity contribution in [3.8, 4) is 0 Å². The van der Waals surface area contributed by atoms with Crippen LogP contribution in [-0.4, -0.2) is 52.6 Å². The monoisotopic (exact) mass is 356 g/mol. The van der Waals surface area contributed by atoms with Gasteiger partial charge >= 0.3 is 5.97 Å². The standard InChI is InChI=1S/C18H20N4O4/c1-2-26-18(25)16-13-11-22(9-8-14(13)20-21-16)15(23)10-19-17(24)12-6-4-3-5-7-12/h3-7H,2,8-11H2,1H3,(H,19,24)(H,20,21). The lowest BCUT2D eigenvalue weighted by atomic mass is 10.1. The number of aromatic amines is 1. The molecular weight excluding hydrogens is 336 g/mol. The second-order valence-electron chi connectivity index (χ2n) is 5.86. The van der Waals surface area contributed by atoms with Gasteiger partial charge in [0.1, 0.15) is 0 Å². The van der Waals surface area contributed by atoms with E-state index in [9.17, 15) is 14.4 Å². The summed E-state index contributed by atoms with van der Waals surface area (Å²) in [6.07, 6.45) is 0.570. The fourth-order valence-electron chi connectivity index (χ4n) is 2.84. The molecule has 0 unspecified atom stereocenters. The van der Waals surface area contributed by atoms with E-state index in [0.29, 0.717) is 24.1 Å². The third-order valence-corrected chi connectivity index (χ3v) is 4.19. The first-order valence-corrected chi connectivity index (χ1v) is 8.44. The quantitative estimate of drug-likeness (QED) is 0.775. The first kappa shape index (κ1) is 17.7. The molecule has 2 heterocycles. The van der Waals surface area contributed by atoms with Gasteiger partial charge in [0.25, 0.3) is 5.91 Å². The van der Waals surface area contributed by atoms with E-state index < -0.39 is 5.97 Å². The molecule has 0 bridgehead atoms. The SMILES string of the molecule is CCOC(=O)c1n[nH]c2c1CN(C(=O)CNC(=O)c1ccccc1)CC2. The first-order chi connectivity index (χ1) is 12.6. The normalized spacial score (nSPS) is 13.0. The van der Waals surface area contributed by atoms with Crippen molar-refractivity contribution < 1.29 is 19.1 Å². The number of rotatable bonds is 5. The Kier molecular flexibility index (Phi) is 5.31. The van der Waals surface area contributed by atoms with Crippen molar-refractivity contribution in [3.63, 3.8) is 0 Å². The molecule has 3 rings (SSSR count). The number of carbonyl (C=O) groups is 3. The van der Waals surface area contributed by atoms with Gasteiger partial charge < -0.3 is 15.0 Å². The topological polar surface area (TPSA) is 104 Å². The number of esters is 1. The third kappa shape index (κ3) is 3.74. The minimum Gasteiger partial charge on any atom is -0.461 e. The van der Waals surface area contributed by atoms with Gasteiger partial charge in [0.15, 0.2) is 5.69 Å². The fourth-order valence-corrected chi connectivity index (χ4v) is 2.84. The van der Waals surface area contributed by atoms with Crippen LogP contribution in [0.25, 0.3) is 0 Å². The Morgan fingerprint density at radius 1 is 1.27 bits per heavy atom. The molecule has 1 aromatic carbocycles. The Morgan fingerprint density at radius 3 is 2.77 bits per heavy atom. The van der Waals surface area contributed by atoms with E-state index in [0.717, 1.165) is 5.69 Å². The van der Waals surface area contributed by atoms with E-state index >= 15 is 0 Å². The number of nitrogens with zero attached hydrogens (tertiary/aromatic N) is 2. The maximum absolute atomic E-state index is 12.4. The fraction of sp³-hybridized carbons (Fsp3) is 0.333. The van der Waals surface area contributed by atoms with Gasteiger partial charge in [0.05, 0.1) is 13.2 Å². The van der Waals surface area contributed by atoms with Gasteiger partial charge in [-0.2, -0.15) is 5.10 Å². The minimum absolute atomic E-state index is 0.102. The Bertz CT molecular complexity index is 816. The molecule has 2 N–H and O–H groups in total. The molecule has 0 atom stereocenters. The molecular formula is C18H20N4O4. The van der Waals surface area contributed by atoms with Gasteiger partial charge in [-0.25, -0.2) is 4.79 Å². The van der Waals surface area contributed by atoms with Gasteiger partial charge in [0.2, 0.25) is 5.91 Å². The average molecular weight is 356 g/mol. The van der Waals surface area contributed by atoms with Crippen LogP contribution in [0.4, 0.5) is 0 Å². The summed E-state index contributed by atoms with van der Waals surface area (Å²) in [5, 5.41) is 9.48. The van der Waals surface area contributed by atoms with Gasteiger partial charge in [-0.1, -0.05) is 18.2 Å². The van der Waals surface area contributed by atoms with E-state index in [1.165, 1.54) is 0 Å². The van der Waals surface area contributed by atoms with Crippen LogP contribution in [0, 0.1) is 0 Å². The summed E-state index contributed by atoms with van der Waals surface area (Å²) in [5.41, 5.74) is 2.23. The van der Waals surface area contributed by atoms with Crippen molar-refractivity contribution in [2.45, 2.75) is 19.9 Å².